The fourth-order valence-electron chi connectivity index (χ4n) is 2.77. The Bertz CT molecular complexity index is 566. The highest BCUT2D eigenvalue weighted by molar-refractivity contribution is 5.93. The average Bonchev–Trinajstić information content (AvgIpc) is 2.86. The van der Waals surface area contributed by atoms with E-state index in [9.17, 15) is 18.0 Å². The van der Waals surface area contributed by atoms with Gasteiger partial charge < -0.3 is 5.32 Å². The molecule has 2 nitrogen and oxygen atoms in total. The molecule has 0 heterocycles. The molecule has 0 bridgehead atoms. The highest BCUT2D eigenvalue weighted by atomic mass is 19.4. The first-order valence-electron chi connectivity index (χ1n) is 6.82. The molecule has 2 rings (SSSR count). The van der Waals surface area contributed by atoms with Crippen LogP contribution < -0.4 is 5.32 Å². The maximum atomic E-state index is 12.6. The second-order valence-electron chi connectivity index (χ2n) is 5.11. The number of hydrogen-bond donors (Lipinski definition) is 1. The van der Waals surface area contributed by atoms with Crippen LogP contribution in [0.25, 0.3) is 0 Å². The van der Waals surface area contributed by atoms with E-state index in [0.717, 1.165) is 37.0 Å². The van der Waals surface area contributed by atoms with E-state index in [1.807, 2.05) is 0 Å². The molecular formula is C16H16F3NO. The summed E-state index contributed by atoms with van der Waals surface area (Å²) in [6, 6.07) is 5.14. The molecule has 1 N–H and O–H groups in total. The zero-order valence-electron chi connectivity index (χ0n) is 11.6. The van der Waals surface area contributed by atoms with Gasteiger partial charge >= 0.3 is 6.18 Å². The van der Waals surface area contributed by atoms with Crippen molar-refractivity contribution in [3.8, 4) is 11.8 Å². The first kappa shape index (κ1) is 15.4. The molecule has 1 aromatic rings. The van der Waals surface area contributed by atoms with Gasteiger partial charge in [0.25, 0.3) is 5.91 Å². The van der Waals surface area contributed by atoms with Crippen molar-refractivity contribution in [2.75, 3.05) is 0 Å². The molecule has 1 aliphatic carbocycles. The monoisotopic (exact) mass is 295 g/mol. The number of rotatable bonds is 2. The average molecular weight is 295 g/mol. The van der Waals surface area contributed by atoms with Gasteiger partial charge in [0, 0.05) is 12.0 Å². The summed E-state index contributed by atoms with van der Waals surface area (Å²) in [5.41, 5.74) is 0.178. The third-order valence-electron chi connectivity index (χ3n) is 3.74. The molecule has 112 valence electrons. The normalized spacial score (nSPS) is 21.5. The molecule has 21 heavy (non-hydrogen) atoms. The molecule has 1 amide bonds. The lowest BCUT2D eigenvalue weighted by Gasteiger charge is -2.20. The Morgan fingerprint density at radius 3 is 2.48 bits per heavy atom. The SMILES string of the molecule is CC#CC(=O)NC1CCCC1c1ccc(C(F)(F)F)cc1. The lowest BCUT2D eigenvalue weighted by atomic mass is 9.93. The molecule has 1 aromatic carbocycles. The maximum Gasteiger partial charge on any atom is 0.416 e. The van der Waals surface area contributed by atoms with Gasteiger partial charge in [0.1, 0.15) is 0 Å². The number of nitrogens with one attached hydrogen (secondary N) is 1. The number of hydrogen-bond acceptors (Lipinski definition) is 1. The summed E-state index contributed by atoms with van der Waals surface area (Å²) < 4.78 is 37.7. The van der Waals surface area contributed by atoms with E-state index in [4.69, 9.17) is 0 Å². The van der Waals surface area contributed by atoms with Crippen LogP contribution in [0.1, 0.15) is 43.2 Å². The summed E-state index contributed by atoms with van der Waals surface area (Å²) in [5.74, 6) is 4.68. The quantitative estimate of drug-likeness (QED) is 0.832. The molecule has 1 fully saturated rings. The summed E-state index contributed by atoms with van der Waals surface area (Å²) in [6.07, 6.45) is -1.70. The largest absolute Gasteiger partial charge is 0.416 e. The van der Waals surface area contributed by atoms with E-state index in [1.54, 1.807) is 6.92 Å². The van der Waals surface area contributed by atoms with Crippen LogP contribution in [0.3, 0.4) is 0 Å². The Balaban J connectivity index is 2.12. The molecule has 0 saturated heterocycles. The van der Waals surface area contributed by atoms with E-state index in [1.165, 1.54) is 12.1 Å². The van der Waals surface area contributed by atoms with Crippen LogP contribution in [0.15, 0.2) is 24.3 Å². The Hall–Kier alpha value is -1.96. The van der Waals surface area contributed by atoms with Gasteiger partial charge in [-0.1, -0.05) is 24.5 Å². The summed E-state index contributed by atoms with van der Waals surface area (Å²) in [5, 5.41) is 2.84. The van der Waals surface area contributed by atoms with Crippen LogP contribution in [-0.2, 0) is 11.0 Å². The van der Waals surface area contributed by atoms with Gasteiger partial charge in [-0.05, 0) is 43.4 Å². The van der Waals surface area contributed by atoms with Crippen molar-refractivity contribution in [3.05, 3.63) is 35.4 Å². The van der Waals surface area contributed by atoms with Crippen LogP contribution in [-0.4, -0.2) is 11.9 Å². The van der Waals surface area contributed by atoms with Gasteiger partial charge in [-0.3, -0.25) is 4.79 Å². The van der Waals surface area contributed by atoms with Crippen molar-refractivity contribution >= 4 is 5.91 Å². The van der Waals surface area contributed by atoms with E-state index >= 15 is 0 Å². The second-order valence-corrected chi connectivity index (χ2v) is 5.11. The predicted octanol–water partition coefficient (Wildman–Crippen LogP) is 3.48. The minimum atomic E-state index is -4.32. The van der Waals surface area contributed by atoms with Gasteiger partial charge in [0.15, 0.2) is 0 Å². The van der Waals surface area contributed by atoms with Gasteiger partial charge in [0.2, 0.25) is 0 Å². The fraction of sp³-hybridized carbons (Fsp3) is 0.438. The molecule has 0 aliphatic heterocycles. The number of carbonyl (C=O) groups excluding carboxylic acids is 1. The molecule has 2 unspecified atom stereocenters. The van der Waals surface area contributed by atoms with Crippen LogP contribution in [0.5, 0.6) is 0 Å². The highest BCUT2D eigenvalue weighted by Gasteiger charge is 2.32. The number of benzene rings is 1. The van der Waals surface area contributed by atoms with Crippen molar-refractivity contribution in [3.63, 3.8) is 0 Å². The second kappa shape index (κ2) is 6.21. The molecule has 1 saturated carbocycles. The summed E-state index contributed by atoms with van der Waals surface area (Å²) in [4.78, 5) is 11.5. The molecular weight excluding hydrogens is 279 g/mol. The van der Waals surface area contributed by atoms with Crippen LogP contribution >= 0.6 is 0 Å². The molecule has 1 aliphatic rings. The van der Waals surface area contributed by atoms with Gasteiger partial charge in [-0.2, -0.15) is 13.2 Å². The predicted molar refractivity (Wildman–Crippen MR) is 73.4 cm³/mol. The van der Waals surface area contributed by atoms with E-state index in [2.05, 4.69) is 17.2 Å². The Morgan fingerprint density at radius 1 is 1.24 bits per heavy atom. The first-order valence-corrected chi connectivity index (χ1v) is 6.82. The number of halogens is 3. The summed E-state index contributed by atoms with van der Waals surface area (Å²) in [7, 11) is 0. The van der Waals surface area contributed by atoms with Crippen LogP contribution in [0.2, 0.25) is 0 Å². The van der Waals surface area contributed by atoms with Gasteiger partial charge in [-0.15, -0.1) is 0 Å². The molecule has 5 heteroatoms. The molecule has 0 spiro atoms. The van der Waals surface area contributed by atoms with E-state index < -0.39 is 11.7 Å². The zero-order chi connectivity index (χ0) is 15.5. The fourth-order valence-corrected chi connectivity index (χ4v) is 2.77. The zero-order valence-corrected chi connectivity index (χ0v) is 11.6. The lowest BCUT2D eigenvalue weighted by Crippen LogP contribution is -2.35. The van der Waals surface area contributed by atoms with Crippen molar-refractivity contribution < 1.29 is 18.0 Å². The van der Waals surface area contributed by atoms with Crippen molar-refractivity contribution in [1.82, 2.24) is 5.32 Å². The minimum absolute atomic E-state index is 0.0508. The minimum Gasteiger partial charge on any atom is -0.342 e. The van der Waals surface area contributed by atoms with E-state index in [-0.39, 0.29) is 17.9 Å². The highest BCUT2D eigenvalue weighted by Crippen LogP contribution is 2.36. The molecule has 0 radical (unpaired) electrons. The molecule has 0 aromatic heterocycles. The van der Waals surface area contributed by atoms with Crippen LogP contribution in [0, 0.1) is 11.8 Å². The third kappa shape index (κ3) is 3.78. The smallest absolute Gasteiger partial charge is 0.342 e. The Morgan fingerprint density at radius 2 is 1.90 bits per heavy atom. The van der Waals surface area contributed by atoms with E-state index in [0.29, 0.717) is 0 Å². The Kier molecular flexibility index (Phi) is 4.56. The Labute approximate surface area is 121 Å². The topological polar surface area (TPSA) is 29.1 Å². The number of alkyl halides is 3. The third-order valence-corrected chi connectivity index (χ3v) is 3.74. The summed E-state index contributed by atoms with van der Waals surface area (Å²) in [6.45, 7) is 1.58. The first-order chi connectivity index (χ1) is 9.91. The van der Waals surface area contributed by atoms with Gasteiger partial charge in [0.05, 0.1) is 5.56 Å². The van der Waals surface area contributed by atoms with Crippen LogP contribution in [0.4, 0.5) is 13.2 Å². The maximum absolute atomic E-state index is 12.6. The standard InChI is InChI=1S/C16H16F3NO/c1-2-4-15(21)20-14-6-3-5-13(14)11-7-9-12(10-8-11)16(17,18)19/h7-10,13-14H,3,5-6H2,1H3,(H,20,21). The van der Waals surface area contributed by atoms with Gasteiger partial charge in [-0.25, -0.2) is 0 Å². The summed E-state index contributed by atoms with van der Waals surface area (Å²) >= 11 is 0. The van der Waals surface area contributed by atoms with Crippen molar-refractivity contribution in [2.45, 2.75) is 44.3 Å². The van der Waals surface area contributed by atoms with Crippen molar-refractivity contribution in [1.29, 1.82) is 0 Å². The molecule has 2 atom stereocenters. The number of carbonyl (C=O) groups is 1. The lowest BCUT2D eigenvalue weighted by molar-refractivity contribution is -0.137. The number of amides is 1. The van der Waals surface area contributed by atoms with Crippen molar-refractivity contribution in [2.24, 2.45) is 0 Å².